The van der Waals surface area contributed by atoms with Crippen LogP contribution in [0.15, 0.2) is 35.7 Å². The van der Waals surface area contributed by atoms with E-state index in [0.717, 1.165) is 0 Å². The molecule has 1 heterocycles. The molecule has 7 nitrogen and oxygen atoms in total. The third kappa shape index (κ3) is 2.75. The summed E-state index contributed by atoms with van der Waals surface area (Å²) < 4.78 is 30.6. The first-order valence-corrected chi connectivity index (χ1v) is 7.19. The molecule has 8 heteroatoms. The normalized spacial score (nSPS) is 11.8. The van der Waals surface area contributed by atoms with Gasteiger partial charge < -0.3 is 14.8 Å². The number of methoxy groups -OCH3 is 1. The smallest absolute Gasteiger partial charge is 0.260 e. The number of ether oxygens (including phenoxy) is 1. The van der Waals surface area contributed by atoms with Gasteiger partial charge in [-0.2, -0.15) is 4.31 Å². The minimum absolute atomic E-state index is 0.00956. The summed E-state index contributed by atoms with van der Waals surface area (Å²) in [5.74, 6) is 0.310. The van der Waals surface area contributed by atoms with E-state index in [1.165, 1.54) is 37.1 Å². The molecular formula is C12H15N3O4S. The van der Waals surface area contributed by atoms with E-state index in [-0.39, 0.29) is 17.3 Å². The number of phenols is 1. The fraction of sp³-hybridized carbons (Fsp3) is 0.250. The van der Waals surface area contributed by atoms with E-state index < -0.39 is 10.0 Å². The Morgan fingerprint density at radius 2 is 2.20 bits per heavy atom. The molecular weight excluding hydrogens is 282 g/mol. The molecule has 0 atom stereocenters. The molecule has 0 saturated heterocycles. The second-order valence-electron chi connectivity index (χ2n) is 4.18. The highest BCUT2D eigenvalue weighted by atomic mass is 32.2. The molecule has 0 amide bonds. The molecule has 0 unspecified atom stereocenters. The van der Waals surface area contributed by atoms with Crippen LogP contribution in [0.25, 0.3) is 0 Å². The van der Waals surface area contributed by atoms with Gasteiger partial charge in [-0.15, -0.1) is 0 Å². The molecule has 2 aromatic rings. The number of hydrogen-bond donors (Lipinski definition) is 2. The van der Waals surface area contributed by atoms with Crippen molar-refractivity contribution in [1.82, 2.24) is 14.3 Å². The van der Waals surface area contributed by atoms with Crippen LogP contribution in [0.5, 0.6) is 11.5 Å². The van der Waals surface area contributed by atoms with Gasteiger partial charge in [0.2, 0.25) is 0 Å². The summed E-state index contributed by atoms with van der Waals surface area (Å²) in [5, 5.41) is 9.54. The zero-order valence-corrected chi connectivity index (χ0v) is 11.9. The van der Waals surface area contributed by atoms with Gasteiger partial charge in [-0.3, -0.25) is 0 Å². The minimum atomic E-state index is -3.61. The van der Waals surface area contributed by atoms with Gasteiger partial charge in [0.15, 0.2) is 16.5 Å². The maximum Gasteiger partial charge on any atom is 0.260 e. The zero-order chi connectivity index (χ0) is 14.8. The van der Waals surface area contributed by atoms with Gasteiger partial charge in [-0.25, -0.2) is 13.4 Å². The van der Waals surface area contributed by atoms with Crippen molar-refractivity contribution in [3.05, 3.63) is 36.3 Å². The number of hydrogen-bond acceptors (Lipinski definition) is 5. The number of benzene rings is 1. The van der Waals surface area contributed by atoms with Crippen LogP contribution < -0.4 is 4.74 Å². The van der Waals surface area contributed by atoms with Gasteiger partial charge in [-0.05, 0) is 17.7 Å². The minimum Gasteiger partial charge on any atom is -0.504 e. The molecule has 0 aliphatic carbocycles. The van der Waals surface area contributed by atoms with Crippen molar-refractivity contribution in [2.75, 3.05) is 14.2 Å². The number of nitrogens with zero attached hydrogens (tertiary/aromatic N) is 2. The summed E-state index contributed by atoms with van der Waals surface area (Å²) in [6.45, 7) is 0.151. The molecule has 2 N–H and O–H groups in total. The van der Waals surface area contributed by atoms with E-state index in [9.17, 15) is 13.5 Å². The Bertz CT molecular complexity index is 683. The number of rotatable bonds is 5. The molecule has 20 heavy (non-hydrogen) atoms. The topological polar surface area (TPSA) is 95.5 Å². The Hall–Kier alpha value is -2.06. The highest BCUT2D eigenvalue weighted by molar-refractivity contribution is 7.89. The van der Waals surface area contributed by atoms with E-state index in [4.69, 9.17) is 4.74 Å². The molecule has 0 radical (unpaired) electrons. The Kier molecular flexibility index (Phi) is 3.96. The van der Waals surface area contributed by atoms with Crippen molar-refractivity contribution < 1.29 is 18.3 Å². The van der Waals surface area contributed by atoms with Crippen LogP contribution in [0, 0.1) is 0 Å². The zero-order valence-electron chi connectivity index (χ0n) is 11.1. The average molecular weight is 297 g/mol. The number of sulfonamides is 1. The predicted molar refractivity (Wildman–Crippen MR) is 71.9 cm³/mol. The first kappa shape index (κ1) is 14.4. The van der Waals surface area contributed by atoms with Crippen molar-refractivity contribution in [1.29, 1.82) is 0 Å². The molecule has 0 fully saturated rings. The van der Waals surface area contributed by atoms with Crippen LogP contribution in [0.3, 0.4) is 0 Å². The second kappa shape index (κ2) is 5.51. The number of H-pyrrole nitrogens is 1. The monoisotopic (exact) mass is 297 g/mol. The number of aromatic amines is 1. The van der Waals surface area contributed by atoms with Crippen LogP contribution in [0.2, 0.25) is 0 Å². The number of aromatic hydroxyl groups is 1. The number of imidazole rings is 1. The van der Waals surface area contributed by atoms with E-state index in [1.807, 2.05) is 0 Å². The van der Waals surface area contributed by atoms with Crippen LogP contribution >= 0.6 is 0 Å². The Labute approximate surface area is 116 Å². The number of phenolic OH excluding ortho intramolecular Hbond substituents is 1. The summed E-state index contributed by atoms with van der Waals surface area (Å²) in [5.41, 5.74) is 0.699. The second-order valence-corrected chi connectivity index (χ2v) is 6.20. The molecule has 1 aromatic heterocycles. The largest absolute Gasteiger partial charge is 0.504 e. The van der Waals surface area contributed by atoms with Crippen molar-refractivity contribution in [3.63, 3.8) is 0 Å². The standard InChI is InChI=1S/C12H15N3O4S/c1-15(20(17,18)12-6-13-8-14-12)7-9-3-4-10(16)11(5-9)19-2/h3-6,8,16H,7H2,1-2H3,(H,13,14). The third-order valence-corrected chi connectivity index (χ3v) is 4.54. The quantitative estimate of drug-likeness (QED) is 0.856. The van der Waals surface area contributed by atoms with Crippen LogP contribution in [-0.4, -0.2) is 42.0 Å². The maximum absolute atomic E-state index is 12.2. The lowest BCUT2D eigenvalue weighted by Gasteiger charge is -2.16. The van der Waals surface area contributed by atoms with E-state index in [0.29, 0.717) is 11.3 Å². The van der Waals surface area contributed by atoms with E-state index in [1.54, 1.807) is 12.1 Å². The summed E-state index contributed by atoms with van der Waals surface area (Å²) in [4.78, 5) is 6.27. The SMILES string of the molecule is COc1cc(CN(C)S(=O)(=O)c2cnc[nH]2)ccc1O. The van der Waals surface area contributed by atoms with Gasteiger partial charge in [-0.1, -0.05) is 6.07 Å². The lowest BCUT2D eigenvalue weighted by atomic mass is 10.2. The van der Waals surface area contributed by atoms with Gasteiger partial charge >= 0.3 is 0 Å². The fourth-order valence-corrected chi connectivity index (χ4v) is 2.77. The van der Waals surface area contributed by atoms with Crippen LogP contribution in [0.4, 0.5) is 0 Å². The molecule has 108 valence electrons. The average Bonchev–Trinajstić information content (AvgIpc) is 2.95. The van der Waals surface area contributed by atoms with Crippen LogP contribution in [0.1, 0.15) is 5.56 Å². The van der Waals surface area contributed by atoms with Crippen molar-refractivity contribution in [2.24, 2.45) is 0 Å². The third-order valence-electron chi connectivity index (χ3n) is 2.81. The first-order valence-electron chi connectivity index (χ1n) is 5.75. The van der Waals surface area contributed by atoms with E-state index >= 15 is 0 Å². The lowest BCUT2D eigenvalue weighted by molar-refractivity contribution is 0.372. The Morgan fingerprint density at radius 3 is 2.80 bits per heavy atom. The maximum atomic E-state index is 12.2. The molecule has 0 aliphatic rings. The van der Waals surface area contributed by atoms with Crippen molar-refractivity contribution >= 4 is 10.0 Å². The molecule has 0 spiro atoms. The lowest BCUT2D eigenvalue weighted by Crippen LogP contribution is -2.26. The van der Waals surface area contributed by atoms with Crippen molar-refractivity contribution in [2.45, 2.75) is 11.6 Å². The fourth-order valence-electron chi connectivity index (χ4n) is 1.71. The molecule has 0 saturated carbocycles. The number of aromatic nitrogens is 2. The number of nitrogens with one attached hydrogen (secondary N) is 1. The Balaban J connectivity index is 2.22. The molecule has 1 aromatic carbocycles. The molecule has 0 bridgehead atoms. The highest BCUT2D eigenvalue weighted by Crippen LogP contribution is 2.27. The first-order chi connectivity index (χ1) is 9.45. The summed E-state index contributed by atoms with van der Waals surface area (Å²) in [7, 11) is -0.709. The van der Waals surface area contributed by atoms with Gasteiger partial charge in [0.1, 0.15) is 0 Å². The summed E-state index contributed by atoms with van der Waals surface area (Å²) in [6, 6.07) is 4.69. The highest BCUT2D eigenvalue weighted by Gasteiger charge is 2.22. The van der Waals surface area contributed by atoms with Gasteiger partial charge in [0, 0.05) is 13.6 Å². The van der Waals surface area contributed by atoms with E-state index in [2.05, 4.69) is 9.97 Å². The molecule has 2 rings (SSSR count). The molecule has 0 aliphatic heterocycles. The van der Waals surface area contributed by atoms with Crippen molar-refractivity contribution in [3.8, 4) is 11.5 Å². The summed E-state index contributed by atoms with van der Waals surface area (Å²) in [6.07, 6.45) is 2.56. The van der Waals surface area contributed by atoms with Crippen LogP contribution in [-0.2, 0) is 16.6 Å². The van der Waals surface area contributed by atoms with Gasteiger partial charge in [0.25, 0.3) is 10.0 Å². The summed E-state index contributed by atoms with van der Waals surface area (Å²) >= 11 is 0. The predicted octanol–water partition coefficient (Wildman–Crippen LogP) is 0.945. The van der Waals surface area contributed by atoms with Gasteiger partial charge in [0.05, 0.1) is 19.6 Å². The Morgan fingerprint density at radius 1 is 1.45 bits per heavy atom.